The normalized spacial score (nSPS) is 10.9. The molecule has 0 bridgehead atoms. The molecule has 0 unspecified atom stereocenters. The van der Waals surface area contributed by atoms with Crippen LogP contribution in [0.15, 0.2) is 81.6 Å². The largest absolute Gasteiger partial charge is 0.456 e. The third kappa shape index (κ3) is 14.6. The molecule has 0 saturated carbocycles. The molecular weight excluding hydrogens is 886 g/mol. The Balaban J connectivity index is 0.00000113. The first kappa shape index (κ1) is 59.1. The van der Waals surface area contributed by atoms with Gasteiger partial charge < -0.3 is 14.3 Å². The summed E-state index contributed by atoms with van der Waals surface area (Å²) in [6.45, 7) is 24.8. The predicted molar refractivity (Wildman–Crippen MR) is 269 cm³/mol. The number of furan rings is 2. The van der Waals surface area contributed by atoms with Crippen LogP contribution in [0.25, 0.3) is 43.9 Å². The average molecular weight is 953 g/mol. The fraction of sp³-hybridized carbons (Fsp3) is 0.417. The molecule has 4 aromatic carbocycles. The van der Waals surface area contributed by atoms with Crippen LogP contribution in [-0.2, 0) is 0 Å². The van der Waals surface area contributed by atoms with E-state index in [1.165, 1.54) is 0 Å². The number of hydrogen-bond acceptors (Lipinski definition) is 10. The van der Waals surface area contributed by atoms with Crippen LogP contribution in [0.5, 0.6) is 0 Å². The number of fused-ring (bicyclic) bond motifs is 6. The Hall–Kier alpha value is -3.88. The highest BCUT2D eigenvalue weighted by atomic mass is 35.5. The van der Waals surface area contributed by atoms with Gasteiger partial charge in [-0.2, -0.15) is 0 Å². The summed E-state index contributed by atoms with van der Waals surface area (Å²) in [5.74, 6) is 0.384. The van der Waals surface area contributed by atoms with E-state index in [0.717, 1.165) is 96.2 Å². The van der Waals surface area contributed by atoms with Gasteiger partial charge >= 0.3 is 0 Å². The van der Waals surface area contributed by atoms with Crippen LogP contribution in [0, 0.1) is 0 Å². The number of halogens is 4. The van der Waals surface area contributed by atoms with E-state index in [9.17, 15) is 19.2 Å². The molecular formula is C48H66Cl4N4O7. The summed E-state index contributed by atoms with van der Waals surface area (Å²) >= 11 is 0. The highest BCUT2D eigenvalue weighted by Crippen LogP contribution is 2.32. The second-order valence-electron chi connectivity index (χ2n) is 14.6. The topological polar surface area (TPSA) is 139 Å². The van der Waals surface area contributed by atoms with E-state index in [1.54, 1.807) is 0 Å². The van der Waals surface area contributed by atoms with Crippen molar-refractivity contribution < 1.29 is 33.5 Å². The van der Waals surface area contributed by atoms with Crippen LogP contribution >= 0.6 is 49.6 Å². The van der Waals surface area contributed by atoms with Crippen molar-refractivity contribution in [2.24, 2.45) is 0 Å². The van der Waals surface area contributed by atoms with Crippen molar-refractivity contribution in [1.82, 2.24) is 19.6 Å². The Labute approximate surface area is 396 Å². The summed E-state index contributed by atoms with van der Waals surface area (Å²) in [5.41, 5.74) is 5.61. The fourth-order valence-electron chi connectivity index (χ4n) is 7.21. The summed E-state index contributed by atoms with van der Waals surface area (Å²) < 4.78 is 11.9. The third-order valence-corrected chi connectivity index (χ3v) is 11.3. The Morgan fingerprint density at radius 1 is 0.349 bits per heavy atom. The fourth-order valence-corrected chi connectivity index (χ4v) is 7.21. The SMILES string of the molecule is CCN(CC)CC(=O)c1ccc2oc3ccc(C(=O)CN(CC)CC)cc3c2c1.CCN(CC)CC(=O)c1ccc2oc3ccc(C(=O)CN(CC)CC)cc3c2c1.Cl.Cl.Cl.Cl.O. The molecule has 2 N–H and O–H groups in total. The molecule has 0 atom stereocenters. The van der Waals surface area contributed by atoms with E-state index >= 15 is 0 Å². The molecule has 0 radical (unpaired) electrons. The van der Waals surface area contributed by atoms with Crippen LogP contribution in [0.1, 0.15) is 96.8 Å². The zero-order chi connectivity index (χ0) is 41.9. The molecule has 0 aliphatic heterocycles. The minimum absolute atomic E-state index is 0. The monoisotopic (exact) mass is 950 g/mol. The molecule has 0 saturated heterocycles. The standard InChI is InChI=1S/2C24H30N2O3.4ClH.H2O/c2*1-5-25(6-2)15-21(27)17-9-11-23-19(13-17)20-14-18(10-12-24(20)29-23)22(28)16-26(7-3)8-4;;;;;/h2*9-14H,5-8,15-16H2,1-4H3;4*1H;1H2. The van der Waals surface area contributed by atoms with E-state index in [0.29, 0.717) is 48.4 Å². The Kier molecular flexibility index (Phi) is 26.4. The number of benzene rings is 4. The summed E-state index contributed by atoms with van der Waals surface area (Å²) in [4.78, 5) is 59.2. The van der Waals surface area contributed by atoms with Gasteiger partial charge in [-0.25, -0.2) is 0 Å². The van der Waals surface area contributed by atoms with Crippen LogP contribution in [0.4, 0.5) is 0 Å². The Morgan fingerprint density at radius 2 is 0.524 bits per heavy atom. The number of hydrogen-bond donors (Lipinski definition) is 0. The van der Waals surface area contributed by atoms with E-state index in [4.69, 9.17) is 8.83 Å². The highest BCUT2D eigenvalue weighted by molar-refractivity contribution is 6.12. The number of carbonyl (C=O) groups is 4. The van der Waals surface area contributed by atoms with Gasteiger partial charge in [0.2, 0.25) is 0 Å². The van der Waals surface area contributed by atoms with Gasteiger partial charge in [-0.1, -0.05) is 55.4 Å². The van der Waals surface area contributed by atoms with Gasteiger partial charge in [-0.15, -0.1) is 49.6 Å². The smallest absolute Gasteiger partial charge is 0.176 e. The average Bonchev–Trinajstić information content (AvgIpc) is 3.82. The van der Waals surface area contributed by atoms with E-state index < -0.39 is 0 Å². The molecule has 15 heteroatoms. The maximum atomic E-state index is 12.7. The molecule has 6 rings (SSSR count). The van der Waals surface area contributed by atoms with E-state index in [1.807, 2.05) is 72.8 Å². The second-order valence-corrected chi connectivity index (χ2v) is 14.6. The molecule has 6 aromatic rings. The van der Waals surface area contributed by atoms with Crippen molar-refractivity contribution in [3.05, 3.63) is 95.1 Å². The predicted octanol–water partition coefficient (Wildman–Crippen LogP) is 10.1. The van der Waals surface area contributed by atoms with Crippen molar-refractivity contribution in [2.75, 3.05) is 78.5 Å². The molecule has 348 valence electrons. The molecule has 0 amide bonds. The lowest BCUT2D eigenvalue weighted by atomic mass is 10.0. The number of nitrogens with zero attached hydrogens (tertiary/aromatic N) is 4. The van der Waals surface area contributed by atoms with Crippen molar-refractivity contribution in [3.8, 4) is 0 Å². The Bertz CT molecular complexity index is 2060. The quantitative estimate of drug-likeness (QED) is 0.0680. The van der Waals surface area contributed by atoms with Gasteiger partial charge in [-0.3, -0.25) is 38.8 Å². The summed E-state index contributed by atoms with van der Waals surface area (Å²) in [5, 5.41) is 3.51. The number of rotatable bonds is 20. The second kappa shape index (κ2) is 28.1. The zero-order valence-electron chi connectivity index (χ0n) is 37.8. The lowest BCUT2D eigenvalue weighted by Gasteiger charge is -2.16. The maximum Gasteiger partial charge on any atom is 0.176 e. The minimum atomic E-state index is 0. The first-order valence-electron chi connectivity index (χ1n) is 21.0. The van der Waals surface area contributed by atoms with Gasteiger partial charge in [-0.05, 0) is 125 Å². The molecule has 63 heavy (non-hydrogen) atoms. The summed E-state index contributed by atoms with van der Waals surface area (Å²) in [7, 11) is 0. The summed E-state index contributed by atoms with van der Waals surface area (Å²) in [6, 6.07) is 22.3. The summed E-state index contributed by atoms with van der Waals surface area (Å²) in [6.07, 6.45) is 0. The number of ketones is 4. The Morgan fingerprint density at radius 3 is 0.683 bits per heavy atom. The highest BCUT2D eigenvalue weighted by Gasteiger charge is 2.18. The zero-order valence-corrected chi connectivity index (χ0v) is 41.1. The molecule has 0 aliphatic rings. The van der Waals surface area contributed by atoms with Gasteiger partial charge in [0, 0.05) is 43.8 Å². The minimum Gasteiger partial charge on any atom is -0.456 e. The van der Waals surface area contributed by atoms with E-state index in [-0.39, 0.29) is 78.2 Å². The third-order valence-electron chi connectivity index (χ3n) is 11.3. The van der Waals surface area contributed by atoms with Crippen LogP contribution < -0.4 is 0 Å². The molecule has 11 nitrogen and oxygen atoms in total. The van der Waals surface area contributed by atoms with Crippen LogP contribution in [-0.4, -0.2) is 127 Å². The molecule has 2 heterocycles. The maximum absolute atomic E-state index is 12.7. The van der Waals surface area contributed by atoms with Crippen LogP contribution in [0.3, 0.4) is 0 Å². The van der Waals surface area contributed by atoms with Gasteiger partial charge in [0.15, 0.2) is 23.1 Å². The van der Waals surface area contributed by atoms with Gasteiger partial charge in [0.25, 0.3) is 0 Å². The number of carbonyl (C=O) groups excluding carboxylic acids is 4. The van der Waals surface area contributed by atoms with Crippen LogP contribution in [0.2, 0.25) is 0 Å². The molecule has 0 spiro atoms. The lowest BCUT2D eigenvalue weighted by molar-refractivity contribution is 0.0930. The number of Topliss-reactive ketones (excluding diaryl/α,β-unsaturated/α-hetero) is 4. The lowest BCUT2D eigenvalue weighted by Crippen LogP contribution is -2.29. The van der Waals surface area contributed by atoms with Gasteiger partial charge in [0.05, 0.1) is 26.2 Å². The van der Waals surface area contributed by atoms with Crippen molar-refractivity contribution in [3.63, 3.8) is 0 Å². The first-order chi connectivity index (χ1) is 28.0. The molecule has 0 fully saturated rings. The van der Waals surface area contributed by atoms with Gasteiger partial charge in [0.1, 0.15) is 22.3 Å². The first-order valence-corrected chi connectivity index (χ1v) is 21.0. The van der Waals surface area contributed by atoms with Crippen molar-refractivity contribution in [2.45, 2.75) is 55.4 Å². The van der Waals surface area contributed by atoms with Crippen molar-refractivity contribution >= 4 is 117 Å². The van der Waals surface area contributed by atoms with Crippen molar-refractivity contribution in [1.29, 1.82) is 0 Å². The molecule has 0 aliphatic carbocycles. The van der Waals surface area contributed by atoms with E-state index in [2.05, 4.69) is 75.0 Å². The molecule has 2 aromatic heterocycles. The number of likely N-dealkylation sites (N-methyl/N-ethyl adjacent to an activating group) is 4.